The summed E-state index contributed by atoms with van der Waals surface area (Å²) in [6, 6.07) is 3.39. The van der Waals surface area contributed by atoms with E-state index < -0.39 is 11.6 Å². The molecule has 2 nitrogen and oxygen atoms in total. The maximum absolute atomic E-state index is 13.8. The molecule has 1 N–H and O–H groups in total. The molecule has 2 aromatic rings. The number of halogens is 2. The molecule has 0 aliphatic carbocycles. The average molecular weight is 268 g/mol. The first-order chi connectivity index (χ1) is 8.61. The summed E-state index contributed by atoms with van der Waals surface area (Å²) in [5, 5.41) is 4.12. The van der Waals surface area contributed by atoms with Crippen molar-refractivity contribution in [2.45, 2.75) is 19.9 Å². The zero-order valence-electron chi connectivity index (χ0n) is 10.2. The largest absolute Gasteiger partial charge is 0.306 e. The lowest BCUT2D eigenvalue weighted by molar-refractivity contribution is 0.543. The third kappa shape index (κ3) is 2.73. The summed E-state index contributed by atoms with van der Waals surface area (Å²) >= 11 is 1.51. The van der Waals surface area contributed by atoms with Gasteiger partial charge in [-0.2, -0.15) is 0 Å². The summed E-state index contributed by atoms with van der Waals surface area (Å²) in [4.78, 5) is 5.10. The van der Waals surface area contributed by atoms with Crippen LogP contribution in [0.15, 0.2) is 24.4 Å². The molecule has 0 saturated carbocycles. The number of aryl methyl sites for hydroxylation is 1. The van der Waals surface area contributed by atoms with Gasteiger partial charge in [0.2, 0.25) is 0 Å². The standard InChI is InChI=1S/C13H14F2N2S/c1-3-16-13(12-7-17-8(2)18-12)10-5-4-9(14)6-11(10)15/h4-7,13,16H,3H2,1-2H3. The van der Waals surface area contributed by atoms with Crippen molar-refractivity contribution in [3.8, 4) is 0 Å². The van der Waals surface area contributed by atoms with E-state index in [4.69, 9.17) is 0 Å². The Labute approximate surface area is 109 Å². The van der Waals surface area contributed by atoms with Gasteiger partial charge in [-0.3, -0.25) is 0 Å². The molecule has 2 rings (SSSR count). The highest BCUT2D eigenvalue weighted by Gasteiger charge is 2.19. The van der Waals surface area contributed by atoms with Crippen molar-refractivity contribution in [1.82, 2.24) is 10.3 Å². The summed E-state index contributed by atoms with van der Waals surface area (Å²) in [5.74, 6) is -1.10. The fraction of sp³-hybridized carbons (Fsp3) is 0.308. The quantitative estimate of drug-likeness (QED) is 0.919. The lowest BCUT2D eigenvalue weighted by atomic mass is 10.1. The third-order valence-corrected chi connectivity index (χ3v) is 3.58. The molecule has 0 spiro atoms. The molecule has 1 aromatic carbocycles. The van der Waals surface area contributed by atoms with Crippen molar-refractivity contribution in [3.63, 3.8) is 0 Å². The van der Waals surface area contributed by atoms with Gasteiger partial charge in [0.15, 0.2) is 0 Å². The maximum Gasteiger partial charge on any atom is 0.131 e. The molecule has 0 saturated heterocycles. The highest BCUT2D eigenvalue weighted by molar-refractivity contribution is 7.11. The van der Waals surface area contributed by atoms with E-state index in [1.807, 2.05) is 13.8 Å². The molecule has 96 valence electrons. The number of hydrogen-bond donors (Lipinski definition) is 1. The van der Waals surface area contributed by atoms with Gasteiger partial charge < -0.3 is 5.32 Å². The number of nitrogens with one attached hydrogen (secondary N) is 1. The summed E-state index contributed by atoms with van der Waals surface area (Å²) in [5.41, 5.74) is 0.446. The number of aromatic nitrogens is 1. The fourth-order valence-corrected chi connectivity index (χ4v) is 2.69. The highest BCUT2D eigenvalue weighted by atomic mass is 32.1. The van der Waals surface area contributed by atoms with Crippen molar-refractivity contribution in [2.75, 3.05) is 6.54 Å². The Kier molecular flexibility index (Phi) is 4.04. The second-order valence-electron chi connectivity index (χ2n) is 3.94. The Morgan fingerprint density at radius 1 is 1.39 bits per heavy atom. The van der Waals surface area contributed by atoms with Crippen LogP contribution in [-0.4, -0.2) is 11.5 Å². The van der Waals surface area contributed by atoms with Crippen LogP contribution in [-0.2, 0) is 0 Å². The van der Waals surface area contributed by atoms with Crippen molar-refractivity contribution in [3.05, 3.63) is 51.5 Å². The Balaban J connectivity index is 2.41. The molecule has 1 heterocycles. The van der Waals surface area contributed by atoms with Crippen LogP contribution in [0.25, 0.3) is 0 Å². The van der Waals surface area contributed by atoms with E-state index in [9.17, 15) is 8.78 Å². The Morgan fingerprint density at radius 2 is 2.17 bits per heavy atom. The molecule has 0 aliphatic heterocycles. The van der Waals surface area contributed by atoms with Crippen LogP contribution in [0.2, 0.25) is 0 Å². The van der Waals surface area contributed by atoms with E-state index in [1.165, 1.54) is 23.5 Å². The molecule has 18 heavy (non-hydrogen) atoms. The monoisotopic (exact) mass is 268 g/mol. The molecule has 1 unspecified atom stereocenters. The van der Waals surface area contributed by atoms with Crippen molar-refractivity contribution < 1.29 is 8.78 Å². The predicted molar refractivity (Wildman–Crippen MR) is 68.7 cm³/mol. The third-order valence-electron chi connectivity index (χ3n) is 2.61. The topological polar surface area (TPSA) is 24.9 Å². The van der Waals surface area contributed by atoms with Gasteiger partial charge in [-0.15, -0.1) is 11.3 Å². The zero-order chi connectivity index (χ0) is 13.1. The second kappa shape index (κ2) is 5.54. The molecule has 1 atom stereocenters. The van der Waals surface area contributed by atoms with Crippen LogP contribution in [0.3, 0.4) is 0 Å². The SMILES string of the molecule is CCNC(c1cnc(C)s1)c1ccc(F)cc1F. The molecule has 1 aromatic heterocycles. The molecule has 0 aliphatic rings. The molecular formula is C13H14F2N2S. The average Bonchev–Trinajstić information content (AvgIpc) is 2.73. The fourth-order valence-electron chi connectivity index (χ4n) is 1.81. The minimum Gasteiger partial charge on any atom is -0.306 e. The first kappa shape index (κ1) is 13.1. The maximum atomic E-state index is 13.8. The second-order valence-corrected chi connectivity index (χ2v) is 5.20. The first-order valence-electron chi connectivity index (χ1n) is 5.72. The molecule has 0 fully saturated rings. The van der Waals surface area contributed by atoms with Gasteiger partial charge in [0.05, 0.1) is 11.0 Å². The van der Waals surface area contributed by atoms with E-state index in [1.54, 1.807) is 6.20 Å². The highest BCUT2D eigenvalue weighted by Crippen LogP contribution is 2.28. The Hall–Kier alpha value is -1.33. The number of hydrogen-bond acceptors (Lipinski definition) is 3. The molecule has 5 heteroatoms. The lowest BCUT2D eigenvalue weighted by Crippen LogP contribution is -2.22. The summed E-state index contributed by atoms with van der Waals surface area (Å²) in [6.45, 7) is 4.54. The smallest absolute Gasteiger partial charge is 0.131 e. The van der Waals surface area contributed by atoms with E-state index in [2.05, 4.69) is 10.3 Å². The predicted octanol–water partition coefficient (Wildman–Crippen LogP) is 3.43. The van der Waals surface area contributed by atoms with Crippen molar-refractivity contribution in [2.24, 2.45) is 0 Å². The van der Waals surface area contributed by atoms with Gasteiger partial charge in [0.1, 0.15) is 11.6 Å². The number of rotatable bonds is 4. The van der Waals surface area contributed by atoms with Crippen LogP contribution in [0.5, 0.6) is 0 Å². The summed E-state index contributed by atoms with van der Waals surface area (Å²) in [7, 11) is 0. The van der Waals surface area contributed by atoms with Gasteiger partial charge in [-0.25, -0.2) is 13.8 Å². The van der Waals surface area contributed by atoms with Crippen molar-refractivity contribution in [1.29, 1.82) is 0 Å². The number of nitrogens with zero attached hydrogens (tertiary/aromatic N) is 1. The molecule has 0 amide bonds. The van der Waals surface area contributed by atoms with Crippen LogP contribution in [0.4, 0.5) is 8.78 Å². The van der Waals surface area contributed by atoms with Gasteiger partial charge >= 0.3 is 0 Å². The van der Waals surface area contributed by atoms with E-state index in [0.717, 1.165) is 16.0 Å². The van der Waals surface area contributed by atoms with E-state index >= 15 is 0 Å². The number of thiazole rings is 1. The van der Waals surface area contributed by atoms with Gasteiger partial charge in [0.25, 0.3) is 0 Å². The first-order valence-corrected chi connectivity index (χ1v) is 6.54. The van der Waals surface area contributed by atoms with Crippen LogP contribution >= 0.6 is 11.3 Å². The lowest BCUT2D eigenvalue weighted by Gasteiger charge is -2.17. The van der Waals surface area contributed by atoms with E-state index in [0.29, 0.717) is 12.1 Å². The van der Waals surface area contributed by atoms with E-state index in [-0.39, 0.29) is 6.04 Å². The van der Waals surface area contributed by atoms with Gasteiger partial charge in [-0.1, -0.05) is 13.0 Å². The molecule has 0 bridgehead atoms. The van der Waals surface area contributed by atoms with Crippen molar-refractivity contribution >= 4 is 11.3 Å². The minimum atomic E-state index is -0.563. The minimum absolute atomic E-state index is 0.276. The Bertz CT molecular complexity index is 540. The Morgan fingerprint density at radius 3 is 2.72 bits per heavy atom. The normalized spacial score (nSPS) is 12.7. The van der Waals surface area contributed by atoms with Gasteiger partial charge in [-0.05, 0) is 19.5 Å². The molecule has 0 radical (unpaired) electrons. The molecular weight excluding hydrogens is 254 g/mol. The van der Waals surface area contributed by atoms with Gasteiger partial charge in [0, 0.05) is 22.7 Å². The van der Waals surface area contributed by atoms with Crippen LogP contribution in [0, 0.1) is 18.6 Å². The summed E-state index contributed by atoms with van der Waals surface area (Å²) in [6.07, 6.45) is 1.73. The number of benzene rings is 1. The summed E-state index contributed by atoms with van der Waals surface area (Å²) < 4.78 is 26.8. The van der Waals surface area contributed by atoms with Crippen LogP contribution in [0.1, 0.15) is 28.4 Å². The zero-order valence-corrected chi connectivity index (χ0v) is 11.0. The van der Waals surface area contributed by atoms with Crippen LogP contribution < -0.4 is 5.32 Å².